The zero-order valence-corrected chi connectivity index (χ0v) is 11.0. The number of nitrogens with zero attached hydrogens (tertiary/aromatic N) is 1. The van der Waals surface area contributed by atoms with E-state index < -0.39 is 0 Å². The highest BCUT2D eigenvalue weighted by Gasteiger charge is 2.21. The number of ether oxygens (including phenoxy) is 1. The third-order valence-corrected chi connectivity index (χ3v) is 4.01. The maximum Gasteiger partial charge on any atom is 0.123 e. The van der Waals surface area contributed by atoms with E-state index in [1.807, 2.05) is 0 Å². The molecule has 1 fully saturated rings. The average molecular weight is 271 g/mol. The van der Waals surface area contributed by atoms with Gasteiger partial charge in [0.2, 0.25) is 0 Å². The summed E-state index contributed by atoms with van der Waals surface area (Å²) in [6, 6.07) is 6.67. The molecule has 1 aromatic carbocycles. The van der Waals surface area contributed by atoms with E-state index in [4.69, 9.17) is 4.74 Å². The van der Waals surface area contributed by atoms with Crippen LogP contribution < -0.4 is 0 Å². The molecule has 0 saturated carbocycles. The van der Waals surface area contributed by atoms with Gasteiger partial charge >= 0.3 is 0 Å². The molecule has 0 aromatic heterocycles. The molecule has 0 radical (unpaired) electrons. The van der Waals surface area contributed by atoms with Gasteiger partial charge in [-0.1, -0.05) is 0 Å². The molecule has 100 valence electrons. The second-order valence-electron chi connectivity index (χ2n) is 4.25. The van der Waals surface area contributed by atoms with Crippen molar-refractivity contribution < 1.29 is 14.2 Å². The third kappa shape index (κ3) is 3.95. The maximum atomic E-state index is 12.7. The summed E-state index contributed by atoms with van der Waals surface area (Å²) in [5.74, 6) is 0.732. The summed E-state index contributed by atoms with van der Waals surface area (Å²) in [4.78, 5) is 3.32. The van der Waals surface area contributed by atoms with Crippen LogP contribution in [0.3, 0.4) is 0 Å². The van der Waals surface area contributed by atoms with Gasteiger partial charge in [0.15, 0.2) is 0 Å². The Morgan fingerprint density at radius 1 is 1.39 bits per heavy atom. The zero-order chi connectivity index (χ0) is 12.8. The van der Waals surface area contributed by atoms with E-state index in [0.29, 0.717) is 6.61 Å². The maximum absolute atomic E-state index is 12.7. The van der Waals surface area contributed by atoms with Gasteiger partial charge in [-0.15, -0.1) is 11.8 Å². The average Bonchev–Trinajstić information content (AvgIpc) is 2.41. The molecule has 1 saturated heterocycles. The predicted octanol–water partition coefficient (Wildman–Crippen LogP) is 1.61. The van der Waals surface area contributed by atoms with E-state index in [2.05, 4.69) is 4.90 Å². The van der Waals surface area contributed by atoms with E-state index in [0.717, 1.165) is 30.3 Å². The first-order chi connectivity index (χ1) is 8.79. The lowest BCUT2D eigenvalue weighted by atomic mass is 10.2. The minimum absolute atomic E-state index is 0.118. The van der Waals surface area contributed by atoms with Crippen LogP contribution in [0.1, 0.15) is 0 Å². The molecule has 1 aromatic rings. The Morgan fingerprint density at radius 2 is 2.17 bits per heavy atom. The molecule has 1 aliphatic rings. The van der Waals surface area contributed by atoms with Crippen molar-refractivity contribution >= 4 is 11.8 Å². The Bertz CT molecular complexity index is 361. The molecule has 3 nitrogen and oxygen atoms in total. The second-order valence-corrected chi connectivity index (χ2v) is 5.42. The van der Waals surface area contributed by atoms with Gasteiger partial charge in [-0.2, -0.15) is 0 Å². The summed E-state index contributed by atoms with van der Waals surface area (Å²) >= 11 is 1.70. The number of morpholine rings is 1. The monoisotopic (exact) mass is 271 g/mol. The fourth-order valence-corrected chi connectivity index (χ4v) is 2.85. The lowest BCUT2D eigenvalue weighted by molar-refractivity contribution is -0.0243. The minimum Gasteiger partial charge on any atom is -0.395 e. The van der Waals surface area contributed by atoms with Crippen LogP contribution in [-0.2, 0) is 4.74 Å². The van der Waals surface area contributed by atoms with Crippen LogP contribution in [0.25, 0.3) is 0 Å². The Labute approximate surface area is 111 Å². The summed E-state index contributed by atoms with van der Waals surface area (Å²) < 4.78 is 18.1. The summed E-state index contributed by atoms with van der Waals surface area (Å²) in [6.07, 6.45) is 0. The molecule has 0 aliphatic carbocycles. The Hall–Kier alpha value is -0.620. The normalized spacial score (nSPS) is 21.1. The Morgan fingerprint density at radius 3 is 2.89 bits per heavy atom. The van der Waals surface area contributed by atoms with Gasteiger partial charge in [-0.25, -0.2) is 4.39 Å². The van der Waals surface area contributed by atoms with E-state index in [1.165, 1.54) is 12.1 Å². The SMILES string of the molecule is OCC1COCCN1CCSc1ccc(F)cc1. The van der Waals surface area contributed by atoms with Crippen LogP contribution in [0.4, 0.5) is 4.39 Å². The standard InChI is InChI=1S/C13H18FNO2S/c14-11-1-3-13(4-2-11)18-8-6-15-5-7-17-10-12(15)9-16/h1-4,12,16H,5-10H2. The quantitative estimate of drug-likeness (QED) is 0.825. The highest BCUT2D eigenvalue weighted by atomic mass is 32.2. The van der Waals surface area contributed by atoms with E-state index in [1.54, 1.807) is 23.9 Å². The van der Waals surface area contributed by atoms with Crippen molar-refractivity contribution in [1.82, 2.24) is 4.90 Å². The highest BCUT2D eigenvalue weighted by Crippen LogP contribution is 2.18. The molecule has 1 unspecified atom stereocenters. The fourth-order valence-electron chi connectivity index (χ4n) is 1.96. The summed E-state index contributed by atoms with van der Waals surface area (Å²) in [5, 5.41) is 9.24. The van der Waals surface area contributed by atoms with Crippen molar-refractivity contribution in [2.75, 3.05) is 38.7 Å². The number of thioether (sulfide) groups is 1. The molecule has 1 atom stereocenters. The third-order valence-electron chi connectivity index (χ3n) is 3.02. The first-order valence-corrected chi connectivity index (χ1v) is 7.09. The van der Waals surface area contributed by atoms with Gasteiger partial charge in [0, 0.05) is 23.7 Å². The number of aliphatic hydroxyl groups excluding tert-OH is 1. The Kier molecular flexibility index (Phi) is 5.44. The van der Waals surface area contributed by atoms with Gasteiger partial charge in [0.1, 0.15) is 5.82 Å². The van der Waals surface area contributed by atoms with E-state index >= 15 is 0 Å². The highest BCUT2D eigenvalue weighted by molar-refractivity contribution is 7.99. The van der Waals surface area contributed by atoms with Crippen LogP contribution in [0.15, 0.2) is 29.2 Å². The molecule has 1 heterocycles. The van der Waals surface area contributed by atoms with Crippen molar-refractivity contribution in [3.05, 3.63) is 30.1 Å². The molecule has 18 heavy (non-hydrogen) atoms. The van der Waals surface area contributed by atoms with Crippen molar-refractivity contribution in [1.29, 1.82) is 0 Å². The van der Waals surface area contributed by atoms with Gasteiger partial charge in [0.25, 0.3) is 0 Å². The number of benzene rings is 1. The van der Waals surface area contributed by atoms with Gasteiger partial charge in [-0.05, 0) is 24.3 Å². The topological polar surface area (TPSA) is 32.7 Å². The van der Waals surface area contributed by atoms with Gasteiger partial charge < -0.3 is 9.84 Å². The molecule has 5 heteroatoms. The number of hydrogen-bond donors (Lipinski definition) is 1. The molecular formula is C13H18FNO2S. The van der Waals surface area contributed by atoms with Gasteiger partial charge in [0.05, 0.1) is 25.9 Å². The van der Waals surface area contributed by atoms with Crippen LogP contribution in [-0.4, -0.2) is 54.7 Å². The first kappa shape index (κ1) is 13.8. The summed E-state index contributed by atoms with van der Waals surface area (Å²) in [6.45, 7) is 3.27. The van der Waals surface area contributed by atoms with Crippen molar-refractivity contribution in [3.8, 4) is 0 Å². The van der Waals surface area contributed by atoms with Crippen molar-refractivity contribution in [2.45, 2.75) is 10.9 Å². The van der Waals surface area contributed by atoms with Gasteiger partial charge in [-0.3, -0.25) is 4.90 Å². The molecule has 1 N–H and O–H groups in total. The molecule has 0 spiro atoms. The van der Waals surface area contributed by atoms with E-state index in [-0.39, 0.29) is 18.5 Å². The van der Waals surface area contributed by atoms with Crippen LogP contribution in [0, 0.1) is 5.82 Å². The first-order valence-electron chi connectivity index (χ1n) is 6.10. The molecule has 0 bridgehead atoms. The molecule has 1 aliphatic heterocycles. The second kappa shape index (κ2) is 7.09. The predicted molar refractivity (Wildman–Crippen MR) is 70.4 cm³/mol. The van der Waals surface area contributed by atoms with E-state index in [9.17, 15) is 9.50 Å². The molecular weight excluding hydrogens is 253 g/mol. The number of hydrogen-bond acceptors (Lipinski definition) is 4. The summed E-state index contributed by atoms with van der Waals surface area (Å²) in [5.41, 5.74) is 0. The fraction of sp³-hybridized carbons (Fsp3) is 0.538. The smallest absolute Gasteiger partial charge is 0.123 e. The molecule has 2 rings (SSSR count). The minimum atomic E-state index is -0.201. The zero-order valence-electron chi connectivity index (χ0n) is 10.2. The number of aliphatic hydroxyl groups is 1. The van der Waals surface area contributed by atoms with Crippen molar-refractivity contribution in [2.24, 2.45) is 0 Å². The lowest BCUT2D eigenvalue weighted by Gasteiger charge is -2.34. The largest absolute Gasteiger partial charge is 0.395 e. The van der Waals surface area contributed by atoms with Crippen molar-refractivity contribution in [3.63, 3.8) is 0 Å². The number of halogens is 1. The number of rotatable bonds is 5. The molecule has 0 amide bonds. The van der Waals surface area contributed by atoms with Crippen LogP contribution in [0.5, 0.6) is 0 Å². The Balaban J connectivity index is 1.75. The van der Waals surface area contributed by atoms with Crippen LogP contribution in [0.2, 0.25) is 0 Å². The summed E-state index contributed by atoms with van der Waals surface area (Å²) in [7, 11) is 0. The van der Waals surface area contributed by atoms with Crippen LogP contribution >= 0.6 is 11.8 Å². The lowest BCUT2D eigenvalue weighted by Crippen LogP contribution is -2.48.